The Morgan fingerprint density at radius 3 is 3.12 bits per heavy atom. The van der Waals surface area contributed by atoms with E-state index >= 15 is 0 Å². The highest BCUT2D eigenvalue weighted by Gasteiger charge is 2.45. The van der Waals surface area contributed by atoms with Crippen LogP contribution in [0.3, 0.4) is 0 Å². The summed E-state index contributed by atoms with van der Waals surface area (Å²) in [5.74, 6) is 2.37. The Morgan fingerprint density at radius 1 is 1.53 bits per heavy atom. The van der Waals surface area contributed by atoms with E-state index in [0.29, 0.717) is 12.5 Å². The highest BCUT2D eigenvalue weighted by Crippen LogP contribution is 2.44. The van der Waals surface area contributed by atoms with E-state index in [-0.39, 0.29) is 11.9 Å². The molecule has 17 heavy (non-hydrogen) atoms. The predicted molar refractivity (Wildman–Crippen MR) is 61.0 cm³/mol. The molecule has 1 saturated heterocycles. The summed E-state index contributed by atoms with van der Waals surface area (Å²) in [7, 11) is 1.86. The van der Waals surface area contributed by atoms with Gasteiger partial charge in [0.05, 0.1) is 18.8 Å². The van der Waals surface area contributed by atoms with Crippen LogP contribution in [-0.2, 0) is 11.3 Å². The predicted octanol–water partition coefficient (Wildman–Crippen LogP) is 0.631. The molecule has 2 fully saturated rings. The normalized spacial score (nSPS) is 32.2. The number of likely N-dealkylation sites (N-methyl/N-ethyl adjacent to an activating group) is 1. The third-order valence-electron chi connectivity index (χ3n) is 3.85. The van der Waals surface area contributed by atoms with Crippen LogP contribution >= 0.6 is 0 Å². The van der Waals surface area contributed by atoms with Crippen molar-refractivity contribution >= 4 is 5.91 Å². The molecule has 1 aromatic rings. The van der Waals surface area contributed by atoms with Gasteiger partial charge in [-0.15, -0.1) is 0 Å². The first-order chi connectivity index (χ1) is 8.28. The number of nitrogens with one attached hydrogen (secondary N) is 1. The van der Waals surface area contributed by atoms with Gasteiger partial charge in [0.1, 0.15) is 5.76 Å². The van der Waals surface area contributed by atoms with Gasteiger partial charge in [0.15, 0.2) is 6.39 Å². The van der Waals surface area contributed by atoms with Crippen molar-refractivity contribution in [3.8, 4) is 0 Å². The van der Waals surface area contributed by atoms with E-state index in [4.69, 9.17) is 4.42 Å². The molecule has 2 aliphatic rings. The lowest BCUT2D eigenvalue weighted by Crippen LogP contribution is -2.44. The summed E-state index contributed by atoms with van der Waals surface area (Å²) in [4.78, 5) is 18.1. The molecule has 1 aliphatic carbocycles. The highest BCUT2D eigenvalue weighted by molar-refractivity contribution is 5.82. The van der Waals surface area contributed by atoms with Gasteiger partial charge in [0.25, 0.3) is 0 Å². The van der Waals surface area contributed by atoms with Crippen LogP contribution < -0.4 is 5.32 Å². The molecule has 2 heterocycles. The maximum atomic E-state index is 12.3. The Kier molecular flexibility index (Phi) is 2.63. The maximum Gasteiger partial charge on any atom is 0.240 e. The summed E-state index contributed by atoms with van der Waals surface area (Å²) in [6.07, 6.45) is 5.33. The van der Waals surface area contributed by atoms with Crippen LogP contribution in [0.1, 0.15) is 18.6 Å². The Bertz CT molecular complexity index is 404. The van der Waals surface area contributed by atoms with Gasteiger partial charge < -0.3 is 14.6 Å². The molecule has 5 nitrogen and oxygen atoms in total. The van der Waals surface area contributed by atoms with Crippen LogP contribution in [0.2, 0.25) is 0 Å². The fraction of sp³-hybridized carbons (Fsp3) is 0.667. The Hall–Kier alpha value is -1.36. The molecule has 1 aliphatic heterocycles. The maximum absolute atomic E-state index is 12.3. The second-order valence-electron chi connectivity index (χ2n) is 5.02. The fourth-order valence-electron chi connectivity index (χ4n) is 2.71. The molecule has 5 heteroatoms. The molecule has 92 valence electrons. The fourth-order valence-corrected chi connectivity index (χ4v) is 2.71. The molecule has 0 bridgehead atoms. The molecular weight excluding hydrogens is 218 g/mol. The average molecular weight is 235 g/mol. The first-order valence-electron chi connectivity index (χ1n) is 6.11. The van der Waals surface area contributed by atoms with E-state index < -0.39 is 0 Å². The number of hydrogen-bond donors (Lipinski definition) is 1. The highest BCUT2D eigenvalue weighted by atomic mass is 16.3. The summed E-state index contributed by atoms with van der Waals surface area (Å²) < 4.78 is 5.22. The van der Waals surface area contributed by atoms with Crippen molar-refractivity contribution in [2.75, 3.05) is 13.6 Å². The summed E-state index contributed by atoms with van der Waals surface area (Å²) in [5.41, 5.74) is 0. The lowest BCUT2D eigenvalue weighted by molar-refractivity contribution is -0.134. The number of aromatic nitrogens is 1. The zero-order chi connectivity index (χ0) is 11.8. The number of amides is 1. The number of oxazole rings is 1. The minimum atomic E-state index is -0.0320. The van der Waals surface area contributed by atoms with Gasteiger partial charge in [-0.1, -0.05) is 0 Å². The van der Waals surface area contributed by atoms with Gasteiger partial charge >= 0.3 is 0 Å². The monoisotopic (exact) mass is 235 g/mol. The zero-order valence-electron chi connectivity index (χ0n) is 9.93. The van der Waals surface area contributed by atoms with Crippen LogP contribution in [0.25, 0.3) is 0 Å². The van der Waals surface area contributed by atoms with Crippen LogP contribution in [0.5, 0.6) is 0 Å². The second kappa shape index (κ2) is 4.14. The van der Waals surface area contributed by atoms with E-state index in [1.165, 1.54) is 12.8 Å². The number of hydrogen-bond acceptors (Lipinski definition) is 4. The molecule has 1 saturated carbocycles. The van der Waals surface area contributed by atoms with Gasteiger partial charge in [-0.05, 0) is 31.7 Å². The number of fused-ring (bicyclic) bond motifs is 1. The van der Waals surface area contributed by atoms with Gasteiger partial charge in [0, 0.05) is 6.54 Å². The molecule has 3 atom stereocenters. The quantitative estimate of drug-likeness (QED) is 0.835. The van der Waals surface area contributed by atoms with Gasteiger partial charge in [0.2, 0.25) is 5.91 Å². The topological polar surface area (TPSA) is 58.4 Å². The van der Waals surface area contributed by atoms with E-state index in [1.54, 1.807) is 6.20 Å². The smallest absolute Gasteiger partial charge is 0.240 e. The molecule has 0 aromatic carbocycles. The van der Waals surface area contributed by atoms with Crippen molar-refractivity contribution in [1.29, 1.82) is 0 Å². The number of carbonyl (C=O) groups is 1. The van der Waals surface area contributed by atoms with Crippen LogP contribution in [0.4, 0.5) is 0 Å². The van der Waals surface area contributed by atoms with Crippen LogP contribution in [-0.4, -0.2) is 35.4 Å². The van der Waals surface area contributed by atoms with Crippen LogP contribution in [0, 0.1) is 11.8 Å². The minimum absolute atomic E-state index is 0.0320. The number of carbonyl (C=O) groups excluding carboxylic acids is 1. The first kappa shape index (κ1) is 10.8. The largest absolute Gasteiger partial charge is 0.447 e. The third-order valence-corrected chi connectivity index (χ3v) is 3.85. The number of rotatable bonds is 3. The third kappa shape index (κ3) is 2.07. The van der Waals surface area contributed by atoms with Crippen molar-refractivity contribution in [2.24, 2.45) is 11.8 Å². The average Bonchev–Trinajstić information content (AvgIpc) is 2.86. The SMILES string of the molecule is CNC1CC2CC2CN(Cc2cnco2)C1=O. The van der Waals surface area contributed by atoms with Crippen molar-refractivity contribution in [3.63, 3.8) is 0 Å². The van der Waals surface area contributed by atoms with E-state index in [9.17, 15) is 4.79 Å². The van der Waals surface area contributed by atoms with Crippen molar-refractivity contribution in [3.05, 3.63) is 18.4 Å². The zero-order valence-corrected chi connectivity index (χ0v) is 9.93. The first-order valence-corrected chi connectivity index (χ1v) is 6.11. The van der Waals surface area contributed by atoms with Crippen LogP contribution in [0.15, 0.2) is 17.0 Å². The van der Waals surface area contributed by atoms with Gasteiger partial charge in [-0.3, -0.25) is 4.79 Å². The molecule has 1 aromatic heterocycles. The molecule has 0 spiro atoms. The summed E-state index contributed by atoms with van der Waals surface area (Å²) >= 11 is 0. The molecule has 1 N–H and O–H groups in total. The second-order valence-corrected chi connectivity index (χ2v) is 5.02. The summed E-state index contributed by atoms with van der Waals surface area (Å²) in [5, 5.41) is 3.12. The minimum Gasteiger partial charge on any atom is -0.447 e. The summed E-state index contributed by atoms with van der Waals surface area (Å²) in [6, 6.07) is -0.0320. The Balaban J connectivity index is 1.74. The van der Waals surface area contributed by atoms with E-state index in [2.05, 4.69) is 10.3 Å². The Labute approximate surface area is 100 Å². The van der Waals surface area contributed by atoms with Crippen molar-refractivity contribution in [1.82, 2.24) is 15.2 Å². The van der Waals surface area contributed by atoms with Crippen molar-refractivity contribution in [2.45, 2.75) is 25.4 Å². The molecule has 3 unspecified atom stereocenters. The van der Waals surface area contributed by atoms with E-state index in [0.717, 1.165) is 24.6 Å². The number of nitrogens with zero attached hydrogens (tertiary/aromatic N) is 2. The molecule has 0 radical (unpaired) electrons. The number of likely N-dealkylation sites (tertiary alicyclic amines) is 1. The summed E-state index contributed by atoms with van der Waals surface area (Å²) in [6.45, 7) is 1.41. The molecule has 1 amide bonds. The standard InChI is InChI=1S/C12H17N3O2/c1-13-11-3-8-2-9(8)5-15(12(11)16)6-10-4-14-7-17-10/h4,7-9,11,13H,2-3,5-6H2,1H3. The lowest BCUT2D eigenvalue weighted by atomic mass is 10.1. The van der Waals surface area contributed by atoms with E-state index in [1.807, 2.05) is 11.9 Å². The van der Waals surface area contributed by atoms with Crippen molar-refractivity contribution < 1.29 is 9.21 Å². The molecule has 3 rings (SSSR count). The van der Waals surface area contributed by atoms with Gasteiger partial charge in [-0.25, -0.2) is 4.98 Å². The lowest BCUT2D eigenvalue weighted by Gasteiger charge is -2.24. The van der Waals surface area contributed by atoms with Gasteiger partial charge in [-0.2, -0.15) is 0 Å². The Morgan fingerprint density at radius 2 is 2.41 bits per heavy atom. The molecular formula is C12H17N3O2.